The Morgan fingerprint density at radius 2 is 1.94 bits per heavy atom. The molecule has 3 aliphatic rings. The number of carbonyl (C=O) groups is 1. The molecule has 0 aromatic carbocycles. The highest BCUT2D eigenvalue weighted by molar-refractivity contribution is 5.78. The lowest BCUT2D eigenvalue weighted by molar-refractivity contribution is -0.0902. The van der Waals surface area contributed by atoms with Crippen molar-refractivity contribution in [3.8, 4) is 0 Å². The Balaban J connectivity index is 1.39. The number of nitrogens with zero attached hydrogens (tertiary/aromatic N) is 3. The molecule has 1 saturated heterocycles. The van der Waals surface area contributed by atoms with Gasteiger partial charge in [0.25, 0.3) is 0 Å². The van der Waals surface area contributed by atoms with Gasteiger partial charge in [-0.1, -0.05) is 19.3 Å². The SMILES string of the molecule is O=C(N1CC(OC2CCCCC2)C1)N1CCC=N1. The number of rotatable bonds is 2. The Morgan fingerprint density at radius 1 is 1.17 bits per heavy atom. The molecule has 1 aliphatic carbocycles. The lowest BCUT2D eigenvalue weighted by Gasteiger charge is -2.42. The van der Waals surface area contributed by atoms with Crippen molar-refractivity contribution in [1.29, 1.82) is 0 Å². The van der Waals surface area contributed by atoms with Crippen molar-refractivity contribution in [2.75, 3.05) is 19.6 Å². The molecule has 0 unspecified atom stereocenters. The van der Waals surface area contributed by atoms with Crippen molar-refractivity contribution < 1.29 is 9.53 Å². The maximum absolute atomic E-state index is 11.9. The third-order valence-corrected chi connectivity index (χ3v) is 3.97. The van der Waals surface area contributed by atoms with Crippen LogP contribution in [0.25, 0.3) is 0 Å². The quantitative estimate of drug-likeness (QED) is 0.751. The van der Waals surface area contributed by atoms with Crippen LogP contribution in [0, 0.1) is 0 Å². The molecular formula is C13H21N3O2. The smallest absolute Gasteiger partial charge is 0.340 e. The zero-order valence-corrected chi connectivity index (χ0v) is 10.8. The van der Waals surface area contributed by atoms with Gasteiger partial charge in [-0.25, -0.2) is 9.80 Å². The summed E-state index contributed by atoms with van der Waals surface area (Å²) in [6.45, 7) is 2.20. The number of hydrogen-bond acceptors (Lipinski definition) is 3. The minimum atomic E-state index is 0.0345. The zero-order valence-electron chi connectivity index (χ0n) is 10.8. The van der Waals surface area contributed by atoms with Gasteiger partial charge >= 0.3 is 6.03 Å². The fourth-order valence-corrected chi connectivity index (χ4v) is 2.86. The van der Waals surface area contributed by atoms with Gasteiger partial charge in [0.15, 0.2) is 0 Å². The van der Waals surface area contributed by atoms with Crippen LogP contribution in [0.3, 0.4) is 0 Å². The largest absolute Gasteiger partial charge is 0.371 e. The monoisotopic (exact) mass is 251 g/mol. The highest BCUT2D eigenvalue weighted by Crippen LogP contribution is 2.24. The molecule has 0 aromatic heterocycles. The Kier molecular flexibility index (Phi) is 3.50. The number of amides is 2. The molecule has 5 nitrogen and oxygen atoms in total. The van der Waals surface area contributed by atoms with Crippen LogP contribution in [0.5, 0.6) is 0 Å². The van der Waals surface area contributed by atoms with Gasteiger partial charge in [-0.3, -0.25) is 0 Å². The summed E-state index contributed by atoms with van der Waals surface area (Å²) in [7, 11) is 0. The summed E-state index contributed by atoms with van der Waals surface area (Å²) < 4.78 is 6.02. The number of carbonyl (C=O) groups excluding carboxylic acids is 1. The van der Waals surface area contributed by atoms with Crippen LogP contribution in [0.1, 0.15) is 38.5 Å². The third kappa shape index (κ3) is 2.51. The highest BCUT2D eigenvalue weighted by atomic mass is 16.5. The Labute approximate surface area is 108 Å². The molecule has 18 heavy (non-hydrogen) atoms. The zero-order chi connectivity index (χ0) is 12.4. The number of likely N-dealkylation sites (tertiary alicyclic amines) is 1. The average molecular weight is 251 g/mol. The fourth-order valence-electron chi connectivity index (χ4n) is 2.86. The first-order chi connectivity index (χ1) is 8.83. The highest BCUT2D eigenvalue weighted by Gasteiger charge is 2.36. The minimum Gasteiger partial charge on any atom is -0.371 e. The van der Waals surface area contributed by atoms with Crippen LogP contribution in [0.2, 0.25) is 0 Å². The summed E-state index contributed by atoms with van der Waals surface area (Å²) in [5.41, 5.74) is 0. The molecule has 3 rings (SSSR count). The fraction of sp³-hybridized carbons (Fsp3) is 0.846. The summed E-state index contributed by atoms with van der Waals surface area (Å²) in [4.78, 5) is 13.8. The number of ether oxygens (including phenoxy) is 1. The molecule has 0 bridgehead atoms. The summed E-state index contributed by atoms with van der Waals surface area (Å²) in [6.07, 6.45) is 9.69. The van der Waals surface area contributed by atoms with Gasteiger partial charge in [-0.05, 0) is 12.8 Å². The molecule has 2 amide bonds. The molecule has 100 valence electrons. The van der Waals surface area contributed by atoms with E-state index in [0.29, 0.717) is 6.10 Å². The number of hydrazone groups is 1. The van der Waals surface area contributed by atoms with E-state index < -0.39 is 0 Å². The van der Waals surface area contributed by atoms with Crippen molar-refractivity contribution >= 4 is 12.2 Å². The molecule has 0 N–H and O–H groups in total. The molecule has 2 heterocycles. The second kappa shape index (κ2) is 5.26. The van der Waals surface area contributed by atoms with E-state index in [1.54, 1.807) is 11.2 Å². The topological polar surface area (TPSA) is 45.1 Å². The molecule has 0 spiro atoms. The summed E-state index contributed by atoms with van der Waals surface area (Å²) >= 11 is 0. The lowest BCUT2D eigenvalue weighted by atomic mass is 9.97. The molecule has 0 aromatic rings. The van der Waals surface area contributed by atoms with Crippen molar-refractivity contribution in [3.63, 3.8) is 0 Å². The van der Waals surface area contributed by atoms with Crippen LogP contribution in [-0.4, -0.2) is 54.0 Å². The van der Waals surface area contributed by atoms with Crippen LogP contribution in [0.15, 0.2) is 5.10 Å². The van der Waals surface area contributed by atoms with Crippen molar-refractivity contribution in [3.05, 3.63) is 0 Å². The van der Waals surface area contributed by atoms with E-state index in [-0.39, 0.29) is 12.1 Å². The number of urea groups is 1. The molecule has 1 saturated carbocycles. The molecular weight excluding hydrogens is 230 g/mol. The second-order valence-corrected chi connectivity index (χ2v) is 5.42. The van der Waals surface area contributed by atoms with Gasteiger partial charge in [0.1, 0.15) is 0 Å². The van der Waals surface area contributed by atoms with E-state index in [4.69, 9.17) is 4.74 Å². The average Bonchev–Trinajstić information content (AvgIpc) is 2.87. The first-order valence-electron chi connectivity index (χ1n) is 7.07. The van der Waals surface area contributed by atoms with E-state index >= 15 is 0 Å². The van der Waals surface area contributed by atoms with Crippen LogP contribution in [-0.2, 0) is 4.74 Å². The van der Waals surface area contributed by atoms with Gasteiger partial charge in [-0.15, -0.1) is 0 Å². The predicted octanol–water partition coefficient (Wildman–Crippen LogP) is 1.83. The van der Waals surface area contributed by atoms with E-state index in [0.717, 1.165) is 26.1 Å². The normalized spacial score (nSPS) is 25.6. The van der Waals surface area contributed by atoms with Crippen LogP contribution >= 0.6 is 0 Å². The van der Waals surface area contributed by atoms with E-state index in [9.17, 15) is 4.79 Å². The first-order valence-corrected chi connectivity index (χ1v) is 7.07. The molecule has 0 radical (unpaired) electrons. The van der Waals surface area contributed by atoms with Crippen molar-refractivity contribution in [1.82, 2.24) is 9.91 Å². The van der Waals surface area contributed by atoms with Crippen molar-refractivity contribution in [2.45, 2.75) is 50.7 Å². The van der Waals surface area contributed by atoms with Gasteiger partial charge in [0, 0.05) is 12.6 Å². The first kappa shape index (κ1) is 12.0. The molecule has 0 atom stereocenters. The Bertz CT molecular complexity index is 333. The van der Waals surface area contributed by atoms with E-state index in [2.05, 4.69) is 5.10 Å². The third-order valence-electron chi connectivity index (χ3n) is 3.97. The van der Waals surface area contributed by atoms with Crippen LogP contribution in [0.4, 0.5) is 4.79 Å². The van der Waals surface area contributed by atoms with Gasteiger partial charge in [0.2, 0.25) is 0 Å². The molecule has 2 aliphatic heterocycles. The van der Waals surface area contributed by atoms with Gasteiger partial charge in [-0.2, -0.15) is 5.10 Å². The van der Waals surface area contributed by atoms with Gasteiger partial charge in [0.05, 0.1) is 31.8 Å². The second-order valence-electron chi connectivity index (χ2n) is 5.42. The van der Waals surface area contributed by atoms with E-state index in [1.165, 1.54) is 32.1 Å². The molecule has 5 heteroatoms. The number of hydrogen-bond donors (Lipinski definition) is 0. The van der Waals surface area contributed by atoms with Crippen molar-refractivity contribution in [2.24, 2.45) is 5.10 Å². The minimum absolute atomic E-state index is 0.0345. The van der Waals surface area contributed by atoms with E-state index in [1.807, 2.05) is 4.90 Å². The summed E-state index contributed by atoms with van der Waals surface area (Å²) in [5.74, 6) is 0. The summed E-state index contributed by atoms with van der Waals surface area (Å²) in [6, 6.07) is 0.0345. The Morgan fingerprint density at radius 3 is 2.61 bits per heavy atom. The standard InChI is InChI=1S/C13H21N3O2/c17-13(16-8-4-7-14-16)15-9-12(10-15)18-11-5-2-1-3-6-11/h7,11-12H,1-6,8-10H2. The molecule has 2 fully saturated rings. The Hall–Kier alpha value is -1.10. The maximum Gasteiger partial charge on any atom is 0.340 e. The predicted molar refractivity (Wildman–Crippen MR) is 68.5 cm³/mol. The van der Waals surface area contributed by atoms with Crippen LogP contribution < -0.4 is 0 Å². The van der Waals surface area contributed by atoms with Gasteiger partial charge < -0.3 is 9.64 Å². The maximum atomic E-state index is 11.9. The lowest BCUT2D eigenvalue weighted by Crippen LogP contribution is -2.58. The summed E-state index contributed by atoms with van der Waals surface area (Å²) in [5, 5.41) is 5.61.